The maximum absolute atomic E-state index is 11.9. The van der Waals surface area contributed by atoms with E-state index in [0.29, 0.717) is 19.4 Å². The van der Waals surface area contributed by atoms with Gasteiger partial charge < -0.3 is 14.7 Å². The van der Waals surface area contributed by atoms with Gasteiger partial charge in [0.2, 0.25) is 0 Å². The molecule has 1 aromatic heterocycles. The molecule has 2 heterocycles. The first kappa shape index (κ1) is 14.5. The van der Waals surface area contributed by atoms with Crippen molar-refractivity contribution in [3.8, 4) is 0 Å². The second-order valence-electron chi connectivity index (χ2n) is 5.07. The zero-order valence-electron chi connectivity index (χ0n) is 11.7. The van der Waals surface area contributed by atoms with Crippen LogP contribution in [-0.2, 0) is 11.2 Å². The van der Waals surface area contributed by atoms with Gasteiger partial charge in [-0.3, -0.25) is 4.98 Å². The molecule has 1 aromatic rings. The summed E-state index contributed by atoms with van der Waals surface area (Å²) in [5.74, 6) is 0. The topological polar surface area (TPSA) is 62.7 Å². The zero-order valence-corrected chi connectivity index (χ0v) is 11.7. The first-order valence-corrected chi connectivity index (χ1v) is 6.74. The number of carbonyl (C=O) groups is 1. The number of pyridine rings is 1. The van der Waals surface area contributed by atoms with E-state index in [-0.39, 0.29) is 12.6 Å². The molecule has 1 saturated heterocycles. The minimum atomic E-state index is -0.487. The van der Waals surface area contributed by atoms with E-state index in [9.17, 15) is 9.90 Å². The summed E-state index contributed by atoms with van der Waals surface area (Å²) < 4.78 is 5.06. The summed E-state index contributed by atoms with van der Waals surface area (Å²) in [6, 6.07) is 3.90. The van der Waals surface area contributed by atoms with E-state index in [1.165, 1.54) is 6.08 Å². The van der Waals surface area contributed by atoms with Gasteiger partial charge in [-0.25, -0.2) is 4.79 Å². The Hall–Kier alpha value is -1.88. The third-order valence-corrected chi connectivity index (χ3v) is 3.38. The van der Waals surface area contributed by atoms with Gasteiger partial charge in [0, 0.05) is 17.9 Å². The lowest BCUT2D eigenvalue weighted by Gasteiger charge is -2.23. The third kappa shape index (κ3) is 3.57. The zero-order chi connectivity index (χ0) is 14.5. The number of ether oxygens (including phenoxy) is 1. The number of aliphatic hydroxyl groups excluding tert-OH is 1. The van der Waals surface area contributed by atoms with E-state index < -0.39 is 12.2 Å². The van der Waals surface area contributed by atoms with Gasteiger partial charge in [-0.15, -0.1) is 0 Å². The molecule has 2 rings (SSSR count). The Bertz CT molecular complexity index is 490. The molecular formula is C15H20N2O3. The monoisotopic (exact) mass is 276 g/mol. The molecule has 0 spiro atoms. The number of aromatic nitrogens is 1. The van der Waals surface area contributed by atoms with Crippen LogP contribution in [0.4, 0.5) is 4.79 Å². The van der Waals surface area contributed by atoms with Crippen molar-refractivity contribution >= 4 is 6.09 Å². The van der Waals surface area contributed by atoms with E-state index in [0.717, 1.165) is 11.3 Å². The molecule has 20 heavy (non-hydrogen) atoms. The number of nitrogens with zero attached hydrogens (tertiary/aromatic N) is 2. The highest BCUT2D eigenvalue weighted by Gasteiger charge is 2.35. The minimum absolute atomic E-state index is 0.0379. The van der Waals surface area contributed by atoms with Crippen LogP contribution in [0.1, 0.15) is 17.7 Å². The van der Waals surface area contributed by atoms with Gasteiger partial charge in [-0.2, -0.15) is 0 Å². The van der Waals surface area contributed by atoms with Gasteiger partial charge in [0.25, 0.3) is 0 Å². The standard InChI is InChI=1S/C15H20N2O3/c1-3-6-20-15(19)17-10-14(18)9-13(17)8-12-4-5-16-11(2)7-12/h3-5,7,13-14,18H,1,6,8-10H2,2H3/t13-,14-/m1/s1. The average Bonchev–Trinajstić information content (AvgIpc) is 2.77. The van der Waals surface area contributed by atoms with Crippen molar-refractivity contribution in [3.63, 3.8) is 0 Å². The minimum Gasteiger partial charge on any atom is -0.445 e. The predicted octanol–water partition coefficient (Wildman–Crippen LogP) is 1.69. The summed E-state index contributed by atoms with van der Waals surface area (Å²) in [7, 11) is 0. The van der Waals surface area contributed by atoms with E-state index in [1.807, 2.05) is 19.1 Å². The first-order valence-electron chi connectivity index (χ1n) is 6.74. The van der Waals surface area contributed by atoms with Gasteiger partial charge in [-0.1, -0.05) is 12.7 Å². The number of aryl methyl sites for hydroxylation is 1. The van der Waals surface area contributed by atoms with Gasteiger partial charge in [0.1, 0.15) is 6.61 Å². The molecule has 0 aromatic carbocycles. The Morgan fingerprint density at radius 1 is 1.70 bits per heavy atom. The summed E-state index contributed by atoms with van der Waals surface area (Å²) >= 11 is 0. The second-order valence-corrected chi connectivity index (χ2v) is 5.07. The van der Waals surface area contributed by atoms with Crippen LogP contribution in [0, 0.1) is 6.92 Å². The molecule has 108 valence electrons. The maximum Gasteiger partial charge on any atom is 0.410 e. The number of β-amino-alcohol motifs (C(OH)–C–C–N with tert-alkyl or cyclic N) is 1. The van der Waals surface area contributed by atoms with E-state index in [4.69, 9.17) is 4.74 Å². The fraction of sp³-hybridized carbons (Fsp3) is 0.467. The lowest BCUT2D eigenvalue weighted by Crippen LogP contribution is -2.37. The molecule has 1 aliphatic heterocycles. The molecule has 0 saturated carbocycles. The summed E-state index contributed by atoms with van der Waals surface area (Å²) in [6.45, 7) is 5.96. The van der Waals surface area contributed by atoms with Crippen molar-refractivity contribution in [1.82, 2.24) is 9.88 Å². The largest absolute Gasteiger partial charge is 0.445 e. The van der Waals surface area contributed by atoms with Crippen molar-refractivity contribution in [2.75, 3.05) is 13.2 Å². The van der Waals surface area contributed by atoms with E-state index in [2.05, 4.69) is 11.6 Å². The summed E-state index contributed by atoms with van der Waals surface area (Å²) in [5, 5.41) is 9.79. The van der Waals surface area contributed by atoms with Gasteiger partial charge >= 0.3 is 6.09 Å². The number of carbonyl (C=O) groups excluding carboxylic acids is 1. The molecule has 1 fully saturated rings. The Balaban J connectivity index is 2.04. The molecular weight excluding hydrogens is 256 g/mol. The quantitative estimate of drug-likeness (QED) is 0.850. The number of hydrogen-bond acceptors (Lipinski definition) is 4. The van der Waals surface area contributed by atoms with Crippen molar-refractivity contribution in [2.24, 2.45) is 0 Å². The molecule has 1 N–H and O–H groups in total. The number of rotatable bonds is 4. The Morgan fingerprint density at radius 3 is 3.20 bits per heavy atom. The molecule has 0 unspecified atom stereocenters. The van der Waals surface area contributed by atoms with Crippen molar-refractivity contribution in [1.29, 1.82) is 0 Å². The molecule has 0 radical (unpaired) electrons. The first-order chi connectivity index (χ1) is 9.60. The van der Waals surface area contributed by atoms with Gasteiger partial charge in [-0.05, 0) is 37.5 Å². The van der Waals surface area contributed by atoms with Gasteiger partial charge in [0.05, 0.1) is 12.6 Å². The molecule has 0 aliphatic carbocycles. The molecule has 1 aliphatic rings. The van der Waals surface area contributed by atoms with Crippen LogP contribution < -0.4 is 0 Å². The lowest BCUT2D eigenvalue weighted by atomic mass is 10.0. The SMILES string of the molecule is C=CCOC(=O)N1C[C@H](O)C[C@H]1Cc1ccnc(C)c1. The van der Waals surface area contributed by atoms with Gasteiger partial charge in [0.15, 0.2) is 0 Å². The molecule has 0 bridgehead atoms. The highest BCUT2D eigenvalue weighted by atomic mass is 16.6. The summed E-state index contributed by atoms with van der Waals surface area (Å²) in [4.78, 5) is 17.7. The normalized spacial score (nSPS) is 21.8. The highest BCUT2D eigenvalue weighted by Crippen LogP contribution is 2.22. The highest BCUT2D eigenvalue weighted by molar-refractivity contribution is 5.68. The molecule has 5 heteroatoms. The number of aliphatic hydroxyl groups is 1. The van der Waals surface area contributed by atoms with Crippen molar-refractivity contribution < 1.29 is 14.6 Å². The lowest BCUT2D eigenvalue weighted by molar-refractivity contribution is 0.102. The molecule has 1 amide bonds. The summed E-state index contributed by atoms with van der Waals surface area (Å²) in [5.41, 5.74) is 2.06. The second kappa shape index (κ2) is 6.52. The van der Waals surface area contributed by atoms with Crippen LogP contribution in [-0.4, -0.2) is 46.4 Å². The number of likely N-dealkylation sites (tertiary alicyclic amines) is 1. The fourth-order valence-electron chi connectivity index (χ4n) is 2.53. The summed E-state index contributed by atoms with van der Waals surface area (Å²) in [6.07, 6.45) is 3.69. The van der Waals surface area contributed by atoms with Crippen LogP contribution in [0.25, 0.3) is 0 Å². The Morgan fingerprint density at radius 2 is 2.50 bits per heavy atom. The smallest absolute Gasteiger partial charge is 0.410 e. The van der Waals surface area contributed by atoms with E-state index >= 15 is 0 Å². The average molecular weight is 276 g/mol. The maximum atomic E-state index is 11.9. The van der Waals surface area contributed by atoms with Crippen LogP contribution in [0.3, 0.4) is 0 Å². The fourth-order valence-corrected chi connectivity index (χ4v) is 2.53. The Labute approximate surface area is 118 Å². The van der Waals surface area contributed by atoms with Crippen LogP contribution in [0.5, 0.6) is 0 Å². The third-order valence-electron chi connectivity index (χ3n) is 3.38. The molecule has 2 atom stereocenters. The van der Waals surface area contributed by atoms with Crippen LogP contribution >= 0.6 is 0 Å². The number of amides is 1. The molecule has 5 nitrogen and oxygen atoms in total. The predicted molar refractivity (Wildman–Crippen MR) is 75.3 cm³/mol. The Kier molecular flexibility index (Phi) is 4.74. The van der Waals surface area contributed by atoms with Crippen molar-refractivity contribution in [2.45, 2.75) is 31.9 Å². The van der Waals surface area contributed by atoms with Crippen LogP contribution in [0.2, 0.25) is 0 Å². The van der Waals surface area contributed by atoms with E-state index in [1.54, 1.807) is 11.1 Å². The number of hydrogen-bond donors (Lipinski definition) is 1. The van der Waals surface area contributed by atoms with Crippen LogP contribution in [0.15, 0.2) is 31.0 Å². The van der Waals surface area contributed by atoms with Crippen molar-refractivity contribution in [3.05, 3.63) is 42.2 Å².